The van der Waals surface area contributed by atoms with Crippen LogP contribution >= 0.6 is 11.6 Å². The molecule has 7 heteroatoms. The Morgan fingerprint density at radius 3 is 2.40 bits per heavy atom. The summed E-state index contributed by atoms with van der Waals surface area (Å²) in [6.07, 6.45) is 0.206. The van der Waals surface area contributed by atoms with Gasteiger partial charge in [0.25, 0.3) is 0 Å². The molecule has 2 N–H and O–H groups in total. The third-order valence-electron chi connectivity index (χ3n) is 3.40. The highest BCUT2D eigenvalue weighted by Crippen LogP contribution is 2.33. The van der Waals surface area contributed by atoms with Crippen LogP contribution in [0.25, 0.3) is 0 Å². The largest absolute Gasteiger partial charge is 0.312 e. The molecule has 5 nitrogen and oxygen atoms in total. The molecule has 1 aliphatic heterocycles. The molecule has 110 valence electrons. The molecule has 1 amide bonds. The summed E-state index contributed by atoms with van der Waals surface area (Å²) >= 11 is 5.98. The first-order valence-corrected chi connectivity index (χ1v) is 8.34. The van der Waals surface area contributed by atoms with Crippen molar-refractivity contribution in [3.8, 4) is 0 Å². The van der Waals surface area contributed by atoms with Crippen molar-refractivity contribution in [2.24, 2.45) is 11.1 Å². The van der Waals surface area contributed by atoms with Crippen molar-refractivity contribution < 1.29 is 13.2 Å². The van der Waals surface area contributed by atoms with Gasteiger partial charge in [-0.25, -0.2) is 13.6 Å². The number of nitrogens with zero attached hydrogens (tertiary/aromatic N) is 1. The Bertz CT molecular complexity index is 635. The Balaban J connectivity index is 2.29. The lowest BCUT2D eigenvalue weighted by Crippen LogP contribution is -2.28. The fourth-order valence-electron chi connectivity index (χ4n) is 2.77. The van der Waals surface area contributed by atoms with Crippen molar-refractivity contribution in [1.82, 2.24) is 0 Å². The average Bonchev–Trinajstić information content (AvgIpc) is 2.55. The molecule has 1 heterocycles. The second-order valence-electron chi connectivity index (χ2n) is 5.29. The summed E-state index contributed by atoms with van der Waals surface area (Å²) in [7, 11) is -3.56. The maximum Gasteiger partial charge on any atom is 0.227 e. The summed E-state index contributed by atoms with van der Waals surface area (Å²) in [5, 5.41) is 5.67. The van der Waals surface area contributed by atoms with Crippen molar-refractivity contribution in [3.05, 3.63) is 28.3 Å². The van der Waals surface area contributed by atoms with E-state index >= 15 is 0 Å². The Morgan fingerprint density at radius 2 is 1.90 bits per heavy atom. The van der Waals surface area contributed by atoms with Gasteiger partial charge in [0.2, 0.25) is 15.9 Å². The molecule has 0 aromatic heterocycles. The molecule has 0 spiro atoms. The normalized spacial score (nSPS) is 19.7. The van der Waals surface area contributed by atoms with E-state index in [4.69, 9.17) is 16.7 Å². The van der Waals surface area contributed by atoms with Gasteiger partial charge in [0.05, 0.1) is 5.75 Å². The summed E-state index contributed by atoms with van der Waals surface area (Å²) < 4.78 is 22.3. The van der Waals surface area contributed by atoms with Crippen LogP contribution in [-0.2, 0) is 14.8 Å². The molecule has 0 aliphatic carbocycles. The molecule has 0 saturated carbocycles. The van der Waals surface area contributed by atoms with E-state index in [-0.39, 0.29) is 24.0 Å². The molecule has 1 fully saturated rings. The SMILES string of the molecule is Cc1cc(Cl)cc(C)c1N1CC(CS(N)(=O)=O)CC1=O. The summed E-state index contributed by atoms with van der Waals surface area (Å²) in [6.45, 7) is 4.14. The third-order valence-corrected chi connectivity index (χ3v) is 4.55. The molecule has 1 atom stereocenters. The molecular weight excluding hydrogens is 300 g/mol. The van der Waals surface area contributed by atoms with Crippen LogP contribution in [0.1, 0.15) is 17.5 Å². The van der Waals surface area contributed by atoms with Crippen LogP contribution in [0.2, 0.25) is 5.02 Å². The van der Waals surface area contributed by atoms with Gasteiger partial charge < -0.3 is 4.90 Å². The van der Waals surface area contributed by atoms with Crippen LogP contribution in [0, 0.1) is 19.8 Å². The number of nitrogens with two attached hydrogens (primary N) is 1. The van der Waals surface area contributed by atoms with E-state index in [2.05, 4.69) is 0 Å². The van der Waals surface area contributed by atoms with E-state index in [0.29, 0.717) is 11.6 Å². The first-order valence-electron chi connectivity index (χ1n) is 6.25. The Hall–Kier alpha value is -1.11. The molecule has 1 aromatic rings. The fraction of sp³-hybridized carbons (Fsp3) is 0.462. The van der Waals surface area contributed by atoms with Gasteiger partial charge in [-0.15, -0.1) is 0 Å². The number of benzene rings is 1. The lowest BCUT2D eigenvalue weighted by molar-refractivity contribution is -0.117. The Kier molecular flexibility index (Phi) is 4.09. The van der Waals surface area contributed by atoms with Crippen molar-refractivity contribution in [3.63, 3.8) is 0 Å². The smallest absolute Gasteiger partial charge is 0.227 e. The van der Waals surface area contributed by atoms with E-state index in [1.165, 1.54) is 0 Å². The number of hydrogen-bond donors (Lipinski definition) is 1. The molecule has 2 rings (SSSR count). The number of carbonyl (C=O) groups excluding carboxylic acids is 1. The van der Waals surface area contributed by atoms with Crippen molar-refractivity contribution in [2.45, 2.75) is 20.3 Å². The fourth-order valence-corrected chi connectivity index (χ4v) is 3.97. The zero-order chi connectivity index (χ0) is 15.1. The van der Waals surface area contributed by atoms with Gasteiger partial charge in [0.15, 0.2) is 0 Å². The Labute approximate surface area is 123 Å². The van der Waals surface area contributed by atoms with Gasteiger partial charge in [-0.1, -0.05) is 11.6 Å². The number of sulfonamides is 1. The third kappa shape index (κ3) is 3.31. The van der Waals surface area contributed by atoms with Crippen molar-refractivity contribution in [1.29, 1.82) is 0 Å². The van der Waals surface area contributed by atoms with Crippen LogP contribution in [0.3, 0.4) is 0 Å². The summed E-state index contributed by atoms with van der Waals surface area (Å²) in [5.41, 5.74) is 2.62. The Morgan fingerprint density at radius 1 is 1.35 bits per heavy atom. The second kappa shape index (κ2) is 5.35. The lowest BCUT2D eigenvalue weighted by Gasteiger charge is -2.22. The van der Waals surface area contributed by atoms with Gasteiger partial charge in [0.1, 0.15) is 0 Å². The predicted molar refractivity (Wildman–Crippen MR) is 79.4 cm³/mol. The van der Waals surface area contributed by atoms with E-state index in [9.17, 15) is 13.2 Å². The number of rotatable bonds is 3. The van der Waals surface area contributed by atoms with E-state index in [1.807, 2.05) is 13.8 Å². The molecule has 1 saturated heterocycles. The molecule has 1 aromatic carbocycles. The minimum absolute atomic E-state index is 0.0767. The number of anilines is 1. The van der Waals surface area contributed by atoms with Gasteiger partial charge >= 0.3 is 0 Å². The summed E-state index contributed by atoms with van der Waals surface area (Å²) in [6, 6.07) is 3.59. The van der Waals surface area contributed by atoms with E-state index < -0.39 is 10.0 Å². The number of aryl methyl sites for hydroxylation is 2. The number of halogens is 1. The van der Waals surface area contributed by atoms with Crippen LogP contribution in [0.15, 0.2) is 12.1 Å². The zero-order valence-corrected chi connectivity index (χ0v) is 13.0. The standard InChI is InChI=1S/C13H17ClN2O3S/c1-8-3-11(14)4-9(2)13(8)16-6-10(5-12(16)17)7-20(15,18)19/h3-4,10H,5-7H2,1-2H3,(H2,15,18,19). The summed E-state index contributed by atoms with van der Waals surface area (Å²) in [4.78, 5) is 13.8. The van der Waals surface area contributed by atoms with Gasteiger partial charge in [-0.3, -0.25) is 4.79 Å². The minimum Gasteiger partial charge on any atom is -0.312 e. The topological polar surface area (TPSA) is 80.5 Å². The predicted octanol–water partition coefficient (Wildman–Crippen LogP) is 1.60. The monoisotopic (exact) mass is 316 g/mol. The highest BCUT2D eigenvalue weighted by molar-refractivity contribution is 7.89. The highest BCUT2D eigenvalue weighted by Gasteiger charge is 2.34. The molecule has 20 heavy (non-hydrogen) atoms. The second-order valence-corrected chi connectivity index (χ2v) is 7.39. The highest BCUT2D eigenvalue weighted by atomic mass is 35.5. The van der Waals surface area contributed by atoms with Crippen LogP contribution in [0.4, 0.5) is 5.69 Å². The van der Waals surface area contributed by atoms with E-state index in [1.54, 1.807) is 17.0 Å². The summed E-state index contributed by atoms with van der Waals surface area (Å²) in [5.74, 6) is -0.500. The minimum atomic E-state index is -3.56. The zero-order valence-electron chi connectivity index (χ0n) is 11.4. The maximum absolute atomic E-state index is 12.1. The molecule has 0 bridgehead atoms. The van der Waals surface area contributed by atoms with E-state index in [0.717, 1.165) is 16.8 Å². The van der Waals surface area contributed by atoms with Gasteiger partial charge in [0, 0.05) is 29.6 Å². The number of carbonyl (C=O) groups is 1. The van der Waals surface area contributed by atoms with Gasteiger partial charge in [-0.2, -0.15) is 0 Å². The molecule has 0 radical (unpaired) electrons. The van der Waals surface area contributed by atoms with Crippen LogP contribution < -0.4 is 10.0 Å². The maximum atomic E-state index is 12.1. The number of primary sulfonamides is 1. The first-order chi connectivity index (χ1) is 9.17. The van der Waals surface area contributed by atoms with Crippen LogP contribution in [-0.4, -0.2) is 26.6 Å². The first kappa shape index (κ1) is 15.3. The number of amides is 1. The number of hydrogen-bond acceptors (Lipinski definition) is 3. The average molecular weight is 317 g/mol. The quantitative estimate of drug-likeness (QED) is 0.919. The van der Waals surface area contributed by atoms with Crippen molar-refractivity contribution >= 4 is 33.2 Å². The lowest BCUT2D eigenvalue weighted by atomic mass is 10.1. The van der Waals surface area contributed by atoms with Crippen molar-refractivity contribution in [2.75, 3.05) is 17.2 Å². The van der Waals surface area contributed by atoms with Crippen LogP contribution in [0.5, 0.6) is 0 Å². The molecule has 1 unspecified atom stereocenters. The molecule has 1 aliphatic rings. The van der Waals surface area contributed by atoms with Gasteiger partial charge in [-0.05, 0) is 37.1 Å². The molecular formula is C13H17ClN2O3S.